The van der Waals surface area contributed by atoms with Crippen molar-refractivity contribution in [2.75, 3.05) is 77.8 Å². The summed E-state index contributed by atoms with van der Waals surface area (Å²) in [5, 5.41) is 3.97. The van der Waals surface area contributed by atoms with Crippen molar-refractivity contribution in [1.82, 2.24) is 14.7 Å². The summed E-state index contributed by atoms with van der Waals surface area (Å²) in [5.41, 5.74) is -0.575. The minimum atomic E-state index is -3.31. The van der Waals surface area contributed by atoms with Gasteiger partial charge in [0.1, 0.15) is 0 Å². The van der Waals surface area contributed by atoms with Gasteiger partial charge in [-0.3, -0.25) is 14.4 Å². The molecule has 12 nitrogen and oxygen atoms in total. The van der Waals surface area contributed by atoms with Crippen LogP contribution in [0.1, 0.15) is 113 Å². The first-order valence-electron chi connectivity index (χ1n) is 31.9. The van der Waals surface area contributed by atoms with Gasteiger partial charge in [-0.1, -0.05) is 230 Å². The molecule has 0 atom stereocenters. The Bertz CT molecular complexity index is 2630. The van der Waals surface area contributed by atoms with E-state index in [9.17, 15) is 14.4 Å². The molecule has 0 unspecified atom stereocenters. The molecule has 0 N–H and O–H groups in total. The summed E-state index contributed by atoms with van der Waals surface area (Å²) in [6.45, 7) is 18.0. The van der Waals surface area contributed by atoms with E-state index >= 15 is 13.7 Å². The first-order chi connectivity index (χ1) is 42.2. The van der Waals surface area contributed by atoms with Gasteiger partial charge in [0.25, 0.3) is 0 Å². The minimum Gasteiger partial charge on any atom is -0.381 e. The van der Waals surface area contributed by atoms with Crippen LogP contribution in [0.4, 0.5) is 0 Å². The van der Waals surface area contributed by atoms with Crippen molar-refractivity contribution in [3.63, 3.8) is 0 Å². The molecular weight excluding hydrogens is 1140 g/mol. The maximum Gasteiger partial charge on any atom is 0.230 e. The van der Waals surface area contributed by atoms with Gasteiger partial charge in [-0.25, -0.2) is 0 Å². The molecule has 6 aromatic carbocycles. The zero-order chi connectivity index (χ0) is 62.6. The fourth-order valence-corrected chi connectivity index (χ4v) is 19.5. The van der Waals surface area contributed by atoms with Crippen molar-refractivity contribution < 1.29 is 42.3 Å². The van der Waals surface area contributed by atoms with Crippen LogP contribution in [0.2, 0.25) is 0 Å². The normalized spacial score (nSPS) is 12.2. The average molecular weight is 1240 g/mol. The smallest absolute Gasteiger partial charge is 0.230 e. The zero-order valence-electron chi connectivity index (χ0n) is 53.0. The van der Waals surface area contributed by atoms with E-state index in [1.54, 1.807) is 0 Å². The van der Waals surface area contributed by atoms with E-state index in [2.05, 4.69) is 48.5 Å². The molecule has 0 aliphatic carbocycles. The van der Waals surface area contributed by atoms with Crippen molar-refractivity contribution >= 4 is 71.0 Å². The van der Waals surface area contributed by atoms with Gasteiger partial charge in [-0.05, 0) is 64.2 Å². The van der Waals surface area contributed by atoms with Crippen molar-refractivity contribution in [1.29, 1.82) is 0 Å². The third-order valence-electron chi connectivity index (χ3n) is 17.3. The van der Waals surface area contributed by atoms with Crippen LogP contribution in [-0.4, -0.2) is 128 Å². The molecule has 0 radical (unpaired) electrons. The van der Waals surface area contributed by atoms with Crippen LogP contribution in [0.15, 0.2) is 182 Å². The molecule has 0 aliphatic rings. The molecular formula is C72H98N3O9P3. The van der Waals surface area contributed by atoms with Crippen LogP contribution < -0.4 is 31.8 Å². The molecule has 3 amide bonds. The highest BCUT2D eigenvalue weighted by molar-refractivity contribution is 7.80. The van der Waals surface area contributed by atoms with Gasteiger partial charge in [0.05, 0.1) is 38.3 Å². The van der Waals surface area contributed by atoms with E-state index in [0.29, 0.717) is 117 Å². The number of rotatable bonds is 40. The predicted molar refractivity (Wildman–Crippen MR) is 361 cm³/mol. The average Bonchev–Trinajstić information content (AvgIpc) is 2.73. The largest absolute Gasteiger partial charge is 0.381 e. The predicted octanol–water partition coefficient (Wildman–Crippen LogP) is 12.7. The van der Waals surface area contributed by atoms with Gasteiger partial charge < -0.3 is 42.6 Å². The lowest BCUT2D eigenvalue weighted by molar-refractivity contribution is -0.132. The molecule has 0 aromatic heterocycles. The van der Waals surface area contributed by atoms with E-state index < -0.39 is 26.8 Å². The summed E-state index contributed by atoms with van der Waals surface area (Å²) in [6.07, 6.45) is 6.58. The molecule has 0 saturated heterocycles. The SMILES string of the molecule is CCC(CC)N(CCCOCC(CC)(COCCCN(C(=O)CP(=O)(c1ccccc1)c1ccccc1)C(CC)CC)COCCCN(C(=O)CP(=O)(c1ccccc1)c1ccccc1)C(CC)CC)C(=O)CP(=O)(c1ccccc1)c1ccccc1. The Morgan fingerprint density at radius 2 is 0.540 bits per heavy atom. The van der Waals surface area contributed by atoms with E-state index in [1.807, 2.05) is 197 Å². The van der Waals surface area contributed by atoms with Crippen LogP contribution in [-0.2, 0) is 42.3 Å². The number of hydrogen-bond acceptors (Lipinski definition) is 9. The lowest BCUT2D eigenvalue weighted by Gasteiger charge is -2.34. The first-order valence-corrected chi connectivity index (χ1v) is 37.6. The molecule has 470 valence electrons. The van der Waals surface area contributed by atoms with Crippen molar-refractivity contribution in [3.05, 3.63) is 182 Å². The Labute approximate surface area is 521 Å². The zero-order valence-corrected chi connectivity index (χ0v) is 55.6. The molecule has 0 saturated carbocycles. The highest BCUT2D eigenvalue weighted by Gasteiger charge is 2.37. The monoisotopic (exact) mass is 1240 g/mol. The number of hydrogen-bond donors (Lipinski definition) is 0. The first kappa shape index (κ1) is 70.4. The number of amides is 3. The second-order valence-corrected chi connectivity index (χ2v) is 31.4. The third kappa shape index (κ3) is 19.4. The second-order valence-electron chi connectivity index (χ2n) is 23.0. The van der Waals surface area contributed by atoms with Crippen molar-refractivity contribution in [2.24, 2.45) is 5.41 Å². The maximum atomic E-state index is 15.1. The van der Waals surface area contributed by atoms with Crippen LogP contribution in [0.25, 0.3) is 0 Å². The third-order valence-corrected chi connectivity index (χ3v) is 26.2. The Balaban J connectivity index is 1.16. The molecule has 0 heterocycles. The minimum absolute atomic E-state index is 0.0317. The molecule has 87 heavy (non-hydrogen) atoms. The number of ether oxygens (including phenoxy) is 3. The number of carbonyl (C=O) groups is 3. The molecule has 0 aliphatic heterocycles. The molecule has 0 bridgehead atoms. The Morgan fingerprint density at radius 1 is 0.345 bits per heavy atom. The van der Waals surface area contributed by atoms with Gasteiger partial charge in [0.2, 0.25) is 17.7 Å². The van der Waals surface area contributed by atoms with Crippen LogP contribution in [0.5, 0.6) is 0 Å². The molecule has 0 spiro atoms. The number of carbonyl (C=O) groups excluding carboxylic acids is 3. The Morgan fingerprint density at radius 3 is 0.713 bits per heavy atom. The maximum absolute atomic E-state index is 15.1. The lowest BCUT2D eigenvalue weighted by atomic mass is 9.88. The number of nitrogens with zero attached hydrogens (tertiary/aromatic N) is 3. The van der Waals surface area contributed by atoms with Gasteiger partial charge >= 0.3 is 0 Å². The van der Waals surface area contributed by atoms with E-state index in [-0.39, 0.29) is 54.3 Å². The highest BCUT2D eigenvalue weighted by Crippen LogP contribution is 2.46. The molecule has 6 aromatic rings. The van der Waals surface area contributed by atoms with Gasteiger partial charge in [0.15, 0.2) is 21.4 Å². The van der Waals surface area contributed by atoms with Gasteiger partial charge in [-0.15, -0.1) is 0 Å². The van der Waals surface area contributed by atoms with Crippen LogP contribution >= 0.6 is 21.4 Å². The molecule has 0 fully saturated rings. The van der Waals surface area contributed by atoms with Crippen molar-refractivity contribution in [2.45, 2.75) is 131 Å². The topological polar surface area (TPSA) is 140 Å². The number of benzene rings is 6. The summed E-state index contributed by atoms with van der Waals surface area (Å²) in [7, 11) is -9.94. The summed E-state index contributed by atoms with van der Waals surface area (Å²) < 4.78 is 65.1. The van der Waals surface area contributed by atoms with E-state index in [1.165, 1.54) is 0 Å². The van der Waals surface area contributed by atoms with Gasteiger partial charge in [0, 0.05) is 94.8 Å². The summed E-state index contributed by atoms with van der Waals surface area (Å²) in [5.74, 6) is -0.413. The second kappa shape index (κ2) is 36.1. The fourth-order valence-electron chi connectivity index (χ4n) is 11.9. The van der Waals surface area contributed by atoms with Crippen molar-refractivity contribution in [3.8, 4) is 0 Å². The quantitative estimate of drug-likeness (QED) is 0.0272. The Hall–Kier alpha value is -5.70. The molecule has 6 rings (SSSR count). The standard InChI is InChI=1S/C72H98N3O9P3/c1-8-60(9-2)73(69(76)54-85(79,63-36-21-15-22-37-63)64-38-23-16-24-39-64)48-33-51-82-57-72(14-7,58-83-52-34-49-74(61(10-3)11-4)70(77)55-86(80,65-40-25-17-26-41-65)66-42-27-18-28-43-66)59-84-53-35-50-75(62(12-5)13-6)71(78)56-87(81,67-44-29-19-30-45-67)68-46-31-20-32-47-68/h15-32,36-47,60-62H,8-14,33-35,48-59H2,1-7H3. The van der Waals surface area contributed by atoms with Crippen LogP contribution in [0.3, 0.4) is 0 Å². The van der Waals surface area contributed by atoms with Crippen LogP contribution in [0, 0.1) is 5.41 Å². The van der Waals surface area contributed by atoms with E-state index in [4.69, 9.17) is 14.2 Å². The fraction of sp³-hybridized carbons (Fsp3) is 0.458. The van der Waals surface area contributed by atoms with Gasteiger partial charge in [-0.2, -0.15) is 0 Å². The highest BCUT2D eigenvalue weighted by atomic mass is 31.2. The molecule has 15 heteroatoms. The van der Waals surface area contributed by atoms with E-state index in [0.717, 1.165) is 38.5 Å². The summed E-state index contributed by atoms with van der Waals surface area (Å²) in [4.78, 5) is 49.4. The summed E-state index contributed by atoms with van der Waals surface area (Å²) >= 11 is 0. The summed E-state index contributed by atoms with van der Waals surface area (Å²) in [6, 6.07) is 56.0. The Kier molecular flexibility index (Phi) is 29.2. The lowest BCUT2D eigenvalue weighted by Crippen LogP contribution is -2.44.